The molecule has 4 nitrogen and oxygen atoms in total. The average molecular weight is 373 g/mol. The molecule has 0 aliphatic rings. The molecule has 0 amide bonds. The first-order valence-corrected chi connectivity index (χ1v) is 9.30. The van der Waals surface area contributed by atoms with Crippen molar-refractivity contribution in [1.29, 1.82) is 0 Å². The fourth-order valence-corrected chi connectivity index (χ4v) is 2.55. The molecule has 0 spiro atoms. The summed E-state index contributed by atoms with van der Waals surface area (Å²) >= 11 is 0. The second-order valence-corrected chi connectivity index (χ2v) is 6.43. The van der Waals surface area contributed by atoms with Gasteiger partial charge in [0.2, 0.25) is 0 Å². The summed E-state index contributed by atoms with van der Waals surface area (Å²) in [6.07, 6.45) is 2.77. The lowest BCUT2D eigenvalue weighted by Gasteiger charge is -2.05. The molecule has 0 bridgehead atoms. The zero-order valence-electron chi connectivity index (χ0n) is 16.1. The Bertz CT molecular complexity index is 944. The Morgan fingerprint density at radius 2 is 1.71 bits per heavy atom. The molecule has 3 aromatic carbocycles. The van der Waals surface area contributed by atoms with Crippen molar-refractivity contribution in [3.63, 3.8) is 0 Å². The third kappa shape index (κ3) is 5.55. The van der Waals surface area contributed by atoms with Crippen LogP contribution in [0.1, 0.15) is 34.8 Å². The maximum atomic E-state index is 12.3. The molecule has 3 aromatic rings. The molecule has 0 radical (unpaired) electrons. The molecule has 0 unspecified atom stereocenters. The van der Waals surface area contributed by atoms with E-state index in [4.69, 9.17) is 9.47 Å². The minimum atomic E-state index is -0.385. The quantitative estimate of drug-likeness (QED) is 0.301. The number of rotatable bonds is 7. The monoisotopic (exact) mass is 373 g/mol. The molecular formula is C24H23NO3. The van der Waals surface area contributed by atoms with E-state index in [1.165, 1.54) is 0 Å². The predicted molar refractivity (Wildman–Crippen MR) is 112 cm³/mol. The fraction of sp³-hybridized carbons (Fsp3) is 0.167. The van der Waals surface area contributed by atoms with Crippen molar-refractivity contribution in [3.8, 4) is 11.5 Å². The van der Waals surface area contributed by atoms with Crippen LogP contribution in [-0.4, -0.2) is 18.8 Å². The van der Waals surface area contributed by atoms with Crippen LogP contribution in [0.25, 0.3) is 0 Å². The molecule has 0 atom stereocenters. The van der Waals surface area contributed by atoms with Crippen LogP contribution in [0.5, 0.6) is 11.5 Å². The molecule has 0 aromatic heterocycles. The molecule has 0 saturated carbocycles. The second-order valence-electron chi connectivity index (χ2n) is 6.43. The number of hydrogen-bond acceptors (Lipinski definition) is 4. The smallest absolute Gasteiger partial charge is 0.343 e. The summed E-state index contributed by atoms with van der Waals surface area (Å²) in [5.41, 5.74) is 3.27. The molecule has 0 heterocycles. The van der Waals surface area contributed by atoms with Crippen molar-refractivity contribution >= 4 is 17.9 Å². The molecule has 0 N–H and O–H groups in total. The highest BCUT2D eigenvalue weighted by Gasteiger charge is 2.08. The molecular weight excluding hydrogens is 350 g/mol. The molecule has 0 aliphatic carbocycles. The number of aliphatic imine (C=N–C) groups is 1. The van der Waals surface area contributed by atoms with Gasteiger partial charge in [0.05, 0.1) is 17.9 Å². The van der Waals surface area contributed by atoms with Gasteiger partial charge in [-0.25, -0.2) is 4.79 Å². The van der Waals surface area contributed by atoms with Gasteiger partial charge < -0.3 is 9.47 Å². The lowest BCUT2D eigenvalue weighted by Crippen LogP contribution is -2.08. The first-order valence-electron chi connectivity index (χ1n) is 9.30. The Kier molecular flexibility index (Phi) is 6.58. The number of ether oxygens (including phenoxy) is 2. The number of esters is 1. The second kappa shape index (κ2) is 9.51. The van der Waals surface area contributed by atoms with E-state index < -0.39 is 0 Å². The standard InChI is InChI=1S/C24H23NO3/c1-3-15-27-22-13-7-19(8-14-22)17-25-21-11-9-20(10-12-21)24(26)28-23-6-4-5-18(2)16-23/h4-14,16-17H,3,15H2,1-2H3. The van der Waals surface area contributed by atoms with Crippen molar-refractivity contribution < 1.29 is 14.3 Å². The first-order chi connectivity index (χ1) is 13.6. The first kappa shape index (κ1) is 19.4. The third-order valence-corrected chi connectivity index (χ3v) is 4.02. The van der Waals surface area contributed by atoms with Crippen LogP contribution in [-0.2, 0) is 0 Å². The molecule has 0 saturated heterocycles. The van der Waals surface area contributed by atoms with Crippen molar-refractivity contribution in [3.05, 3.63) is 89.5 Å². The zero-order chi connectivity index (χ0) is 19.8. The van der Waals surface area contributed by atoms with Gasteiger partial charge in [-0.3, -0.25) is 4.99 Å². The summed E-state index contributed by atoms with van der Waals surface area (Å²) in [6, 6.07) is 22.2. The van der Waals surface area contributed by atoms with Crippen LogP contribution in [0, 0.1) is 6.92 Å². The van der Waals surface area contributed by atoms with Crippen LogP contribution < -0.4 is 9.47 Å². The van der Waals surface area contributed by atoms with E-state index in [0.29, 0.717) is 17.9 Å². The Morgan fingerprint density at radius 3 is 2.39 bits per heavy atom. The van der Waals surface area contributed by atoms with E-state index in [1.807, 2.05) is 49.4 Å². The van der Waals surface area contributed by atoms with E-state index in [0.717, 1.165) is 29.0 Å². The fourth-order valence-electron chi connectivity index (χ4n) is 2.55. The number of nitrogens with zero attached hydrogens (tertiary/aromatic N) is 1. The summed E-state index contributed by atoms with van der Waals surface area (Å²) in [6.45, 7) is 4.75. The molecule has 28 heavy (non-hydrogen) atoms. The molecule has 4 heteroatoms. The average Bonchev–Trinajstić information content (AvgIpc) is 2.72. The van der Waals surface area contributed by atoms with Gasteiger partial charge in [0, 0.05) is 6.21 Å². The van der Waals surface area contributed by atoms with Crippen LogP contribution in [0.3, 0.4) is 0 Å². The van der Waals surface area contributed by atoms with Crippen LogP contribution >= 0.6 is 0 Å². The van der Waals surface area contributed by atoms with Crippen LogP contribution in [0.15, 0.2) is 77.8 Å². The number of benzene rings is 3. The maximum Gasteiger partial charge on any atom is 0.343 e. The van der Waals surface area contributed by atoms with Crippen LogP contribution in [0.2, 0.25) is 0 Å². The number of carbonyl (C=O) groups is 1. The molecule has 3 rings (SSSR count). The highest BCUT2D eigenvalue weighted by molar-refractivity contribution is 5.91. The highest BCUT2D eigenvalue weighted by Crippen LogP contribution is 2.18. The van der Waals surface area contributed by atoms with Gasteiger partial charge in [-0.15, -0.1) is 0 Å². The minimum absolute atomic E-state index is 0.385. The molecule has 0 aliphatic heterocycles. The predicted octanol–water partition coefficient (Wildman–Crippen LogP) is 5.75. The summed E-state index contributed by atoms with van der Waals surface area (Å²) in [4.78, 5) is 16.7. The Balaban J connectivity index is 1.60. The Labute approximate surface area is 165 Å². The van der Waals surface area contributed by atoms with Gasteiger partial charge in [-0.2, -0.15) is 0 Å². The van der Waals surface area contributed by atoms with E-state index in [9.17, 15) is 4.79 Å². The zero-order valence-corrected chi connectivity index (χ0v) is 16.1. The number of aryl methyl sites for hydroxylation is 1. The summed E-state index contributed by atoms with van der Waals surface area (Å²) in [7, 11) is 0. The SMILES string of the molecule is CCCOc1ccc(C=Nc2ccc(C(=O)Oc3cccc(C)c3)cc2)cc1. The number of carbonyl (C=O) groups excluding carboxylic acids is 1. The van der Waals surface area contributed by atoms with Crippen molar-refractivity contribution in [2.75, 3.05) is 6.61 Å². The minimum Gasteiger partial charge on any atom is -0.494 e. The summed E-state index contributed by atoms with van der Waals surface area (Å²) < 4.78 is 11.0. The van der Waals surface area contributed by atoms with Crippen molar-refractivity contribution in [1.82, 2.24) is 0 Å². The van der Waals surface area contributed by atoms with E-state index >= 15 is 0 Å². The maximum absolute atomic E-state index is 12.3. The lowest BCUT2D eigenvalue weighted by molar-refractivity contribution is 0.0735. The van der Waals surface area contributed by atoms with Gasteiger partial charge in [-0.1, -0.05) is 19.1 Å². The van der Waals surface area contributed by atoms with Gasteiger partial charge in [0.1, 0.15) is 11.5 Å². The van der Waals surface area contributed by atoms with E-state index in [2.05, 4.69) is 11.9 Å². The van der Waals surface area contributed by atoms with Crippen molar-refractivity contribution in [2.45, 2.75) is 20.3 Å². The molecule has 142 valence electrons. The van der Waals surface area contributed by atoms with Crippen LogP contribution in [0.4, 0.5) is 5.69 Å². The topological polar surface area (TPSA) is 47.9 Å². The van der Waals surface area contributed by atoms with Gasteiger partial charge in [-0.05, 0) is 85.1 Å². The normalized spacial score (nSPS) is 10.8. The van der Waals surface area contributed by atoms with Gasteiger partial charge in [0.15, 0.2) is 0 Å². The highest BCUT2D eigenvalue weighted by atomic mass is 16.5. The molecule has 0 fully saturated rings. The van der Waals surface area contributed by atoms with E-state index in [-0.39, 0.29) is 5.97 Å². The largest absolute Gasteiger partial charge is 0.494 e. The lowest BCUT2D eigenvalue weighted by atomic mass is 10.2. The van der Waals surface area contributed by atoms with E-state index in [1.54, 1.807) is 36.5 Å². The van der Waals surface area contributed by atoms with Crippen molar-refractivity contribution in [2.24, 2.45) is 4.99 Å². The number of hydrogen-bond donors (Lipinski definition) is 0. The third-order valence-electron chi connectivity index (χ3n) is 4.02. The Hall–Kier alpha value is -3.40. The summed E-state index contributed by atoms with van der Waals surface area (Å²) in [5, 5.41) is 0. The van der Waals surface area contributed by atoms with Gasteiger partial charge >= 0.3 is 5.97 Å². The van der Waals surface area contributed by atoms with Gasteiger partial charge in [0.25, 0.3) is 0 Å². The Morgan fingerprint density at radius 1 is 0.964 bits per heavy atom. The summed E-state index contributed by atoms with van der Waals surface area (Å²) in [5.74, 6) is 1.01.